The lowest BCUT2D eigenvalue weighted by Gasteiger charge is -2.08. The van der Waals surface area contributed by atoms with Gasteiger partial charge in [0.1, 0.15) is 11.6 Å². The molecule has 0 fully saturated rings. The molecule has 0 aliphatic carbocycles. The number of ether oxygens (including phenoxy) is 1. The first-order valence-electron chi connectivity index (χ1n) is 4.62. The summed E-state index contributed by atoms with van der Waals surface area (Å²) in [5.74, 6) is 1.50. The summed E-state index contributed by atoms with van der Waals surface area (Å²) in [4.78, 5) is 0. The predicted octanol–water partition coefficient (Wildman–Crippen LogP) is 3.27. The lowest BCUT2D eigenvalue weighted by atomic mass is 10.2. The summed E-state index contributed by atoms with van der Waals surface area (Å²) in [5, 5.41) is 0. The highest BCUT2D eigenvalue weighted by Gasteiger charge is 2.00. The first kappa shape index (κ1) is 11.4. The first-order chi connectivity index (χ1) is 6.74. The van der Waals surface area contributed by atoms with Crippen molar-refractivity contribution in [2.24, 2.45) is 0 Å². The van der Waals surface area contributed by atoms with Crippen LogP contribution in [0.25, 0.3) is 0 Å². The second kappa shape index (κ2) is 5.91. The van der Waals surface area contributed by atoms with E-state index in [1.807, 2.05) is 6.92 Å². The molecule has 0 heterocycles. The van der Waals surface area contributed by atoms with Crippen molar-refractivity contribution in [2.45, 2.75) is 13.3 Å². The standard InChI is InChI=1S/C11H15FOS/c1-9-4-5-10(12)8-11(9)13-6-3-7-14-2/h4-5,8H,3,6-7H2,1-2H3. The Bertz CT molecular complexity index is 289. The van der Waals surface area contributed by atoms with Gasteiger partial charge in [0.2, 0.25) is 0 Å². The second-order valence-corrected chi connectivity index (χ2v) is 4.09. The molecule has 0 N–H and O–H groups in total. The van der Waals surface area contributed by atoms with E-state index in [4.69, 9.17) is 4.74 Å². The Hall–Kier alpha value is -0.700. The van der Waals surface area contributed by atoms with E-state index in [0.717, 1.165) is 17.7 Å². The molecule has 1 aromatic carbocycles. The monoisotopic (exact) mass is 214 g/mol. The molecule has 14 heavy (non-hydrogen) atoms. The Kier molecular flexibility index (Phi) is 4.80. The Morgan fingerprint density at radius 1 is 1.43 bits per heavy atom. The number of rotatable bonds is 5. The summed E-state index contributed by atoms with van der Waals surface area (Å²) in [6.07, 6.45) is 3.06. The molecule has 1 aromatic rings. The maximum absolute atomic E-state index is 12.8. The van der Waals surface area contributed by atoms with Gasteiger partial charge in [-0.2, -0.15) is 11.8 Å². The fourth-order valence-corrected chi connectivity index (χ4v) is 1.52. The van der Waals surface area contributed by atoms with Crippen LogP contribution in [0.2, 0.25) is 0 Å². The number of hydrogen-bond acceptors (Lipinski definition) is 2. The van der Waals surface area contributed by atoms with E-state index in [1.54, 1.807) is 17.8 Å². The summed E-state index contributed by atoms with van der Waals surface area (Å²) in [7, 11) is 0. The minimum Gasteiger partial charge on any atom is -0.493 e. The van der Waals surface area contributed by atoms with Gasteiger partial charge in [0.25, 0.3) is 0 Å². The Morgan fingerprint density at radius 3 is 2.93 bits per heavy atom. The zero-order valence-corrected chi connectivity index (χ0v) is 9.36. The SMILES string of the molecule is CSCCCOc1cc(F)ccc1C. The van der Waals surface area contributed by atoms with Gasteiger partial charge in [0.15, 0.2) is 0 Å². The van der Waals surface area contributed by atoms with Crippen LogP contribution in [0.3, 0.4) is 0 Å². The molecule has 0 bridgehead atoms. The van der Waals surface area contributed by atoms with E-state index in [2.05, 4.69) is 6.26 Å². The smallest absolute Gasteiger partial charge is 0.126 e. The summed E-state index contributed by atoms with van der Waals surface area (Å²) in [6, 6.07) is 4.62. The van der Waals surface area contributed by atoms with Crippen LogP contribution < -0.4 is 4.74 Å². The summed E-state index contributed by atoms with van der Waals surface area (Å²) >= 11 is 1.79. The van der Waals surface area contributed by atoms with E-state index in [0.29, 0.717) is 12.4 Å². The van der Waals surface area contributed by atoms with Crippen molar-refractivity contribution in [3.05, 3.63) is 29.6 Å². The van der Waals surface area contributed by atoms with Crippen molar-refractivity contribution in [1.82, 2.24) is 0 Å². The molecule has 0 aromatic heterocycles. The van der Waals surface area contributed by atoms with Crippen LogP contribution in [0.15, 0.2) is 18.2 Å². The Labute approximate surface area is 88.7 Å². The van der Waals surface area contributed by atoms with Crippen molar-refractivity contribution < 1.29 is 9.13 Å². The molecule has 0 aliphatic heterocycles. The van der Waals surface area contributed by atoms with E-state index in [-0.39, 0.29) is 5.82 Å². The van der Waals surface area contributed by atoms with Crippen LogP contribution in [0.5, 0.6) is 5.75 Å². The van der Waals surface area contributed by atoms with Crippen molar-refractivity contribution in [3.8, 4) is 5.75 Å². The Morgan fingerprint density at radius 2 is 2.21 bits per heavy atom. The van der Waals surface area contributed by atoms with Crippen LogP contribution in [-0.2, 0) is 0 Å². The third kappa shape index (κ3) is 3.58. The quantitative estimate of drug-likeness (QED) is 0.696. The predicted molar refractivity (Wildman–Crippen MR) is 59.6 cm³/mol. The maximum atomic E-state index is 12.8. The fourth-order valence-electron chi connectivity index (χ4n) is 1.11. The molecule has 0 radical (unpaired) electrons. The van der Waals surface area contributed by atoms with Crippen molar-refractivity contribution in [2.75, 3.05) is 18.6 Å². The summed E-state index contributed by atoms with van der Waals surface area (Å²) in [5.41, 5.74) is 0.982. The molecule has 0 unspecified atom stereocenters. The molecule has 0 spiro atoms. The number of halogens is 1. The number of hydrogen-bond donors (Lipinski definition) is 0. The summed E-state index contributed by atoms with van der Waals surface area (Å²) < 4.78 is 18.3. The van der Waals surface area contributed by atoms with Gasteiger partial charge in [0.05, 0.1) is 6.61 Å². The molecule has 0 amide bonds. The van der Waals surface area contributed by atoms with Gasteiger partial charge in [-0.3, -0.25) is 0 Å². The topological polar surface area (TPSA) is 9.23 Å². The zero-order valence-electron chi connectivity index (χ0n) is 8.55. The highest BCUT2D eigenvalue weighted by molar-refractivity contribution is 7.98. The van der Waals surface area contributed by atoms with Crippen molar-refractivity contribution in [3.63, 3.8) is 0 Å². The molecule has 0 saturated heterocycles. The molecule has 1 nitrogen and oxygen atoms in total. The largest absolute Gasteiger partial charge is 0.493 e. The minimum absolute atomic E-state index is 0.240. The second-order valence-electron chi connectivity index (χ2n) is 3.10. The lowest BCUT2D eigenvalue weighted by molar-refractivity contribution is 0.315. The van der Waals surface area contributed by atoms with Crippen LogP contribution in [0, 0.1) is 12.7 Å². The van der Waals surface area contributed by atoms with Crippen LogP contribution in [-0.4, -0.2) is 18.6 Å². The highest BCUT2D eigenvalue weighted by Crippen LogP contribution is 2.18. The van der Waals surface area contributed by atoms with E-state index >= 15 is 0 Å². The van der Waals surface area contributed by atoms with Gasteiger partial charge in [-0.25, -0.2) is 4.39 Å². The highest BCUT2D eigenvalue weighted by atomic mass is 32.2. The molecular formula is C11H15FOS. The maximum Gasteiger partial charge on any atom is 0.126 e. The molecule has 0 aliphatic rings. The minimum atomic E-state index is -0.240. The van der Waals surface area contributed by atoms with E-state index < -0.39 is 0 Å². The van der Waals surface area contributed by atoms with Crippen molar-refractivity contribution in [1.29, 1.82) is 0 Å². The third-order valence-corrected chi connectivity index (χ3v) is 2.60. The molecule has 1 rings (SSSR count). The normalized spacial score (nSPS) is 10.2. The average Bonchev–Trinajstić information content (AvgIpc) is 2.18. The number of thioether (sulfide) groups is 1. The van der Waals surface area contributed by atoms with Gasteiger partial charge in [0, 0.05) is 6.07 Å². The average molecular weight is 214 g/mol. The van der Waals surface area contributed by atoms with E-state index in [9.17, 15) is 4.39 Å². The molecular weight excluding hydrogens is 199 g/mol. The van der Waals surface area contributed by atoms with Gasteiger partial charge in [-0.1, -0.05) is 6.07 Å². The number of benzene rings is 1. The molecule has 78 valence electrons. The molecule has 0 atom stereocenters. The van der Waals surface area contributed by atoms with Gasteiger partial charge < -0.3 is 4.74 Å². The van der Waals surface area contributed by atoms with Crippen LogP contribution in [0.1, 0.15) is 12.0 Å². The third-order valence-electron chi connectivity index (χ3n) is 1.90. The van der Waals surface area contributed by atoms with Crippen molar-refractivity contribution >= 4 is 11.8 Å². The van der Waals surface area contributed by atoms with Crippen LogP contribution in [0.4, 0.5) is 4.39 Å². The molecule has 3 heteroatoms. The lowest BCUT2D eigenvalue weighted by Crippen LogP contribution is -2.00. The molecule has 0 saturated carbocycles. The van der Waals surface area contributed by atoms with Gasteiger partial charge in [-0.05, 0) is 37.0 Å². The number of aryl methyl sites for hydroxylation is 1. The van der Waals surface area contributed by atoms with Gasteiger partial charge >= 0.3 is 0 Å². The van der Waals surface area contributed by atoms with Gasteiger partial charge in [-0.15, -0.1) is 0 Å². The Balaban J connectivity index is 2.45. The van der Waals surface area contributed by atoms with Crippen LogP contribution >= 0.6 is 11.8 Å². The zero-order chi connectivity index (χ0) is 10.4. The fraction of sp³-hybridized carbons (Fsp3) is 0.455. The van der Waals surface area contributed by atoms with E-state index in [1.165, 1.54) is 12.1 Å². The first-order valence-corrected chi connectivity index (χ1v) is 6.01. The summed E-state index contributed by atoms with van der Waals surface area (Å²) in [6.45, 7) is 2.58.